The molecular weight excluding hydrogens is 278 g/mol. The number of aromatic carboxylic acids is 1. The van der Waals surface area contributed by atoms with E-state index in [4.69, 9.17) is 16.7 Å². The van der Waals surface area contributed by atoms with Crippen LogP contribution in [0.25, 0.3) is 11.3 Å². The molecule has 108 valence electrons. The van der Waals surface area contributed by atoms with Crippen LogP contribution < -0.4 is 17.0 Å². The van der Waals surface area contributed by atoms with Crippen LogP contribution in [0.3, 0.4) is 0 Å². The van der Waals surface area contributed by atoms with E-state index in [1.165, 1.54) is 24.3 Å². The van der Waals surface area contributed by atoms with E-state index in [0.29, 0.717) is 11.4 Å². The van der Waals surface area contributed by atoms with Gasteiger partial charge in [0.1, 0.15) is 0 Å². The SMILES string of the molecule is NNc1nc(-c2cc(C(=O)O)cc([N+](=O)[O-])c2)ccc1N. The van der Waals surface area contributed by atoms with Gasteiger partial charge in [-0.15, -0.1) is 0 Å². The molecule has 0 amide bonds. The fourth-order valence-corrected chi connectivity index (χ4v) is 1.73. The first-order valence-electron chi connectivity index (χ1n) is 5.68. The lowest BCUT2D eigenvalue weighted by atomic mass is 10.1. The van der Waals surface area contributed by atoms with Crippen molar-refractivity contribution in [2.75, 3.05) is 11.2 Å². The number of benzene rings is 1. The first-order valence-corrected chi connectivity index (χ1v) is 5.68. The summed E-state index contributed by atoms with van der Waals surface area (Å²) in [5, 5.41) is 19.9. The number of nitrogen functional groups attached to an aromatic ring is 2. The van der Waals surface area contributed by atoms with Crippen LogP contribution in [0.5, 0.6) is 0 Å². The van der Waals surface area contributed by atoms with E-state index in [1.807, 2.05) is 0 Å². The van der Waals surface area contributed by atoms with Crippen LogP contribution in [0.4, 0.5) is 17.2 Å². The number of hydrogen-bond acceptors (Lipinski definition) is 7. The smallest absolute Gasteiger partial charge is 0.335 e. The summed E-state index contributed by atoms with van der Waals surface area (Å²) in [4.78, 5) is 25.3. The molecule has 0 saturated carbocycles. The van der Waals surface area contributed by atoms with E-state index in [-0.39, 0.29) is 22.6 Å². The van der Waals surface area contributed by atoms with Gasteiger partial charge in [0.05, 0.1) is 21.9 Å². The van der Waals surface area contributed by atoms with E-state index < -0.39 is 10.9 Å². The molecule has 1 aromatic heterocycles. The van der Waals surface area contributed by atoms with Gasteiger partial charge in [-0.1, -0.05) is 0 Å². The van der Waals surface area contributed by atoms with Gasteiger partial charge in [-0.05, 0) is 18.2 Å². The molecule has 2 rings (SSSR count). The second kappa shape index (κ2) is 5.43. The molecule has 0 aliphatic rings. The topological polar surface area (TPSA) is 157 Å². The van der Waals surface area contributed by atoms with Crippen molar-refractivity contribution in [3.05, 3.63) is 46.0 Å². The largest absolute Gasteiger partial charge is 0.478 e. The minimum atomic E-state index is -1.27. The maximum Gasteiger partial charge on any atom is 0.335 e. The van der Waals surface area contributed by atoms with Crippen molar-refractivity contribution in [3.8, 4) is 11.3 Å². The number of aromatic nitrogens is 1. The number of hydrogen-bond donors (Lipinski definition) is 4. The molecular formula is C12H11N5O4. The van der Waals surface area contributed by atoms with Gasteiger partial charge < -0.3 is 16.3 Å². The molecule has 1 heterocycles. The van der Waals surface area contributed by atoms with Crippen molar-refractivity contribution < 1.29 is 14.8 Å². The van der Waals surface area contributed by atoms with Crippen molar-refractivity contribution in [2.45, 2.75) is 0 Å². The van der Waals surface area contributed by atoms with E-state index >= 15 is 0 Å². The normalized spacial score (nSPS) is 10.1. The lowest BCUT2D eigenvalue weighted by Gasteiger charge is -2.07. The number of carboxylic acids is 1. The van der Waals surface area contributed by atoms with Crippen molar-refractivity contribution in [1.82, 2.24) is 4.98 Å². The van der Waals surface area contributed by atoms with Crippen LogP contribution >= 0.6 is 0 Å². The number of anilines is 2. The highest BCUT2D eigenvalue weighted by Gasteiger charge is 2.15. The third-order valence-corrected chi connectivity index (χ3v) is 2.73. The molecule has 0 spiro atoms. The minimum Gasteiger partial charge on any atom is -0.478 e. The van der Waals surface area contributed by atoms with Crippen molar-refractivity contribution in [1.29, 1.82) is 0 Å². The first kappa shape index (κ1) is 14.2. The van der Waals surface area contributed by atoms with Crippen LogP contribution in [0.15, 0.2) is 30.3 Å². The molecule has 0 aliphatic heterocycles. The zero-order valence-corrected chi connectivity index (χ0v) is 10.6. The fraction of sp³-hybridized carbons (Fsp3) is 0. The van der Waals surface area contributed by atoms with E-state index in [9.17, 15) is 14.9 Å². The summed E-state index contributed by atoms with van der Waals surface area (Å²) in [6.45, 7) is 0. The van der Waals surface area contributed by atoms with Gasteiger partial charge in [0, 0.05) is 17.7 Å². The highest BCUT2D eigenvalue weighted by atomic mass is 16.6. The third kappa shape index (κ3) is 2.87. The van der Waals surface area contributed by atoms with Gasteiger partial charge in [-0.2, -0.15) is 0 Å². The second-order valence-corrected chi connectivity index (χ2v) is 4.11. The Morgan fingerprint density at radius 2 is 2.05 bits per heavy atom. The summed E-state index contributed by atoms with van der Waals surface area (Å²) in [5.41, 5.74) is 8.25. The minimum absolute atomic E-state index is 0.191. The Hall–Kier alpha value is -3.20. The molecule has 1 aromatic carbocycles. The number of carboxylic acid groups (broad SMARTS) is 1. The monoisotopic (exact) mass is 289 g/mol. The number of nitrogens with two attached hydrogens (primary N) is 2. The second-order valence-electron chi connectivity index (χ2n) is 4.11. The maximum atomic E-state index is 11.0. The van der Waals surface area contributed by atoms with Gasteiger partial charge >= 0.3 is 5.97 Å². The summed E-state index contributed by atoms with van der Waals surface area (Å²) >= 11 is 0. The van der Waals surface area contributed by atoms with Crippen LogP contribution in [0.1, 0.15) is 10.4 Å². The predicted octanol–water partition coefficient (Wildman–Crippen LogP) is 1.22. The average Bonchev–Trinajstić information content (AvgIpc) is 2.47. The number of carbonyl (C=O) groups is 1. The van der Waals surface area contributed by atoms with E-state index in [2.05, 4.69) is 10.4 Å². The summed E-state index contributed by atoms with van der Waals surface area (Å²) in [5.74, 6) is 4.18. The number of non-ortho nitro benzene ring substituents is 1. The Morgan fingerprint density at radius 3 is 2.62 bits per heavy atom. The molecule has 0 saturated heterocycles. The zero-order valence-electron chi connectivity index (χ0n) is 10.6. The highest BCUT2D eigenvalue weighted by molar-refractivity contribution is 5.90. The molecule has 0 fully saturated rings. The number of nitro groups is 1. The molecule has 0 aliphatic carbocycles. The van der Waals surface area contributed by atoms with Gasteiger partial charge in [0.25, 0.3) is 5.69 Å². The first-order chi connectivity index (χ1) is 9.92. The lowest BCUT2D eigenvalue weighted by Crippen LogP contribution is -2.11. The van der Waals surface area contributed by atoms with Gasteiger partial charge in [0.15, 0.2) is 5.82 Å². The molecule has 9 nitrogen and oxygen atoms in total. The van der Waals surface area contributed by atoms with Crippen LogP contribution in [0.2, 0.25) is 0 Å². The number of nitrogens with zero attached hydrogens (tertiary/aromatic N) is 2. The summed E-state index contributed by atoms with van der Waals surface area (Å²) in [6.07, 6.45) is 0. The zero-order chi connectivity index (χ0) is 15.6. The summed E-state index contributed by atoms with van der Waals surface area (Å²) in [7, 11) is 0. The highest BCUT2D eigenvalue weighted by Crippen LogP contribution is 2.27. The van der Waals surface area contributed by atoms with Crippen molar-refractivity contribution in [2.24, 2.45) is 5.84 Å². The number of nitrogens with one attached hydrogen (secondary N) is 1. The summed E-state index contributed by atoms with van der Waals surface area (Å²) in [6, 6.07) is 6.52. The van der Waals surface area contributed by atoms with Crippen molar-refractivity contribution >= 4 is 23.2 Å². The molecule has 2 aromatic rings. The third-order valence-electron chi connectivity index (χ3n) is 2.73. The Kier molecular flexibility index (Phi) is 3.67. The van der Waals surface area contributed by atoms with Gasteiger partial charge in [-0.3, -0.25) is 10.1 Å². The van der Waals surface area contributed by atoms with E-state index in [1.54, 1.807) is 0 Å². The molecule has 0 bridgehead atoms. The van der Waals surface area contributed by atoms with Gasteiger partial charge in [-0.25, -0.2) is 15.6 Å². The number of rotatable bonds is 4. The average molecular weight is 289 g/mol. The lowest BCUT2D eigenvalue weighted by molar-refractivity contribution is -0.384. The van der Waals surface area contributed by atoms with Crippen LogP contribution in [0, 0.1) is 10.1 Å². The standard InChI is InChI=1S/C12H11N5O4/c13-9-1-2-10(15-11(9)16-14)6-3-7(12(18)19)5-8(4-6)17(20)21/h1-5H,13-14H2,(H,15,16)(H,18,19). The maximum absolute atomic E-state index is 11.0. The van der Waals surface area contributed by atoms with Crippen LogP contribution in [-0.2, 0) is 0 Å². The molecule has 0 radical (unpaired) electrons. The molecule has 9 heteroatoms. The Labute approximate surface area is 118 Å². The van der Waals surface area contributed by atoms with Gasteiger partial charge in [0.2, 0.25) is 0 Å². The number of nitro benzene ring substituents is 1. The van der Waals surface area contributed by atoms with E-state index in [0.717, 1.165) is 6.07 Å². The Balaban J connectivity index is 2.62. The Bertz CT molecular complexity index is 699. The van der Waals surface area contributed by atoms with Crippen LogP contribution in [-0.4, -0.2) is 21.0 Å². The predicted molar refractivity (Wildman–Crippen MR) is 75.5 cm³/mol. The molecule has 21 heavy (non-hydrogen) atoms. The molecule has 0 atom stereocenters. The number of hydrazine groups is 1. The Morgan fingerprint density at radius 1 is 1.33 bits per heavy atom. The quantitative estimate of drug-likeness (QED) is 0.371. The summed E-state index contributed by atoms with van der Waals surface area (Å²) < 4.78 is 0. The molecule has 6 N–H and O–H groups in total. The molecule has 0 unspecified atom stereocenters. The number of pyridine rings is 1. The van der Waals surface area contributed by atoms with Crippen molar-refractivity contribution in [3.63, 3.8) is 0 Å². The fourth-order valence-electron chi connectivity index (χ4n) is 1.73.